The number of ether oxygens (including phenoxy) is 2. The van der Waals surface area contributed by atoms with Crippen LogP contribution in [0.1, 0.15) is 52.4 Å². The molecule has 1 amide bonds. The minimum Gasteiger partial charge on any atom is -0.464 e. The maximum Gasteiger partial charge on any atom is 0.408 e. The monoisotopic (exact) mass is 285 g/mol. The maximum absolute atomic E-state index is 11.6. The van der Waals surface area contributed by atoms with Gasteiger partial charge in [-0.05, 0) is 13.3 Å². The zero-order chi connectivity index (χ0) is 15.2. The van der Waals surface area contributed by atoms with Gasteiger partial charge in [-0.2, -0.15) is 0 Å². The summed E-state index contributed by atoms with van der Waals surface area (Å²) >= 11 is 0. The van der Waals surface area contributed by atoms with E-state index in [0.29, 0.717) is 6.61 Å². The normalized spacial score (nSPS) is 11.5. The quantitative estimate of drug-likeness (QED) is 0.360. The Hall–Kier alpha value is -1.52. The average Bonchev–Trinajstić information content (AvgIpc) is 2.43. The summed E-state index contributed by atoms with van der Waals surface area (Å²) in [4.78, 5) is 22.8. The number of hydrogen-bond donors (Lipinski definition) is 1. The molecule has 1 N–H and O–H groups in total. The summed E-state index contributed by atoms with van der Waals surface area (Å²) in [7, 11) is 0. The number of rotatable bonds is 11. The molecule has 0 saturated heterocycles. The minimum absolute atomic E-state index is 0.116. The van der Waals surface area contributed by atoms with E-state index in [1.54, 1.807) is 6.92 Å². The molecule has 0 fully saturated rings. The Kier molecular flexibility index (Phi) is 11.6. The van der Waals surface area contributed by atoms with Crippen molar-refractivity contribution in [2.45, 2.75) is 58.4 Å². The van der Waals surface area contributed by atoms with Crippen LogP contribution in [0, 0.1) is 0 Å². The molecule has 0 aromatic heterocycles. The summed E-state index contributed by atoms with van der Waals surface area (Å²) in [6.45, 7) is 7.69. The first-order chi connectivity index (χ1) is 9.61. The molecule has 5 nitrogen and oxygen atoms in total. The Morgan fingerprint density at radius 2 is 1.80 bits per heavy atom. The highest BCUT2D eigenvalue weighted by Crippen LogP contribution is 2.05. The first kappa shape index (κ1) is 18.5. The molecule has 0 radical (unpaired) electrons. The van der Waals surface area contributed by atoms with Crippen molar-refractivity contribution in [2.75, 3.05) is 13.2 Å². The summed E-state index contributed by atoms with van der Waals surface area (Å²) < 4.78 is 9.80. The molecule has 0 aromatic rings. The molecule has 0 aliphatic carbocycles. The lowest BCUT2D eigenvalue weighted by Crippen LogP contribution is -2.40. The molecule has 5 heteroatoms. The molecule has 20 heavy (non-hydrogen) atoms. The number of esters is 1. The number of hydrogen-bond acceptors (Lipinski definition) is 4. The Morgan fingerprint density at radius 3 is 2.45 bits per heavy atom. The van der Waals surface area contributed by atoms with Gasteiger partial charge in [-0.15, -0.1) is 0 Å². The Bertz CT molecular complexity index is 292. The fourth-order valence-electron chi connectivity index (χ4n) is 1.59. The predicted octanol–water partition coefficient (Wildman–Crippen LogP) is 3.19. The molecule has 1 atom stereocenters. The van der Waals surface area contributed by atoms with Crippen LogP contribution >= 0.6 is 0 Å². The minimum atomic E-state index is -0.701. The van der Waals surface area contributed by atoms with E-state index >= 15 is 0 Å². The van der Waals surface area contributed by atoms with Crippen molar-refractivity contribution in [1.29, 1.82) is 0 Å². The zero-order valence-electron chi connectivity index (χ0n) is 12.7. The predicted molar refractivity (Wildman–Crippen MR) is 78.5 cm³/mol. The van der Waals surface area contributed by atoms with E-state index in [9.17, 15) is 9.59 Å². The van der Waals surface area contributed by atoms with Crippen molar-refractivity contribution in [3.63, 3.8) is 0 Å². The van der Waals surface area contributed by atoms with Gasteiger partial charge in [-0.1, -0.05) is 51.7 Å². The smallest absolute Gasteiger partial charge is 0.408 e. The van der Waals surface area contributed by atoms with Crippen molar-refractivity contribution >= 4 is 12.1 Å². The number of amides is 1. The van der Waals surface area contributed by atoms with Gasteiger partial charge in [0, 0.05) is 0 Å². The van der Waals surface area contributed by atoms with Crippen LogP contribution in [0.5, 0.6) is 0 Å². The third-order valence-electron chi connectivity index (χ3n) is 2.76. The Morgan fingerprint density at radius 1 is 1.15 bits per heavy atom. The third kappa shape index (κ3) is 10.4. The van der Waals surface area contributed by atoms with Gasteiger partial charge in [-0.3, -0.25) is 0 Å². The van der Waals surface area contributed by atoms with Crippen molar-refractivity contribution in [3.8, 4) is 0 Å². The second-order valence-electron chi connectivity index (χ2n) is 4.69. The second kappa shape index (κ2) is 12.5. The van der Waals surface area contributed by atoms with Gasteiger partial charge in [0.15, 0.2) is 0 Å². The molecule has 0 bridgehead atoms. The van der Waals surface area contributed by atoms with Crippen LogP contribution in [-0.4, -0.2) is 31.3 Å². The average molecular weight is 285 g/mol. The van der Waals surface area contributed by atoms with Gasteiger partial charge in [0.05, 0.1) is 6.61 Å². The number of carbonyl (C=O) groups excluding carboxylic acids is 2. The van der Waals surface area contributed by atoms with Crippen LogP contribution in [0.15, 0.2) is 12.7 Å². The largest absolute Gasteiger partial charge is 0.464 e. The Balaban J connectivity index is 3.59. The van der Waals surface area contributed by atoms with E-state index < -0.39 is 18.1 Å². The molecule has 0 aliphatic rings. The van der Waals surface area contributed by atoms with Gasteiger partial charge in [0.2, 0.25) is 0 Å². The summed E-state index contributed by atoms with van der Waals surface area (Å²) in [6, 6.07) is -0.701. The molecule has 0 rings (SSSR count). The van der Waals surface area contributed by atoms with Crippen LogP contribution in [0.4, 0.5) is 4.79 Å². The fourth-order valence-corrected chi connectivity index (χ4v) is 1.59. The molecular formula is C15H27NO4. The van der Waals surface area contributed by atoms with E-state index in [-0.39, 0.29) is 6.61 Å². The fraction of sp³-hybridized carbons (Fsp3) is 0.733. The molecule has 0 aliphatic heterocycles. The highest BCUT2D eigenvalue weighted by Gasteiger charge is 2.17. The lowest BCUT2D eigenvalue weighted by Gasteiger charge is -2.13. The van der Waals surface area contributed by atoms with E-state index in [1.807, 2.05) is 0 Å². The summed E-state index contributed by atoms with van der Waals surface area (Å²) in [5, 5.41) is 2.40. The number of unbranched alkanes of at least 4 members (excludes halogenated alkanes) is 5. The Labute approximate surface area is 121 Å². The SMILES string of the molecule is C=CCOC(=O)NC(C)C(=O)OCCCCCCCC. The van der Waals surface area contributed by atoms with Gasteiger partial charge >= 0.3 is 12.1 Å². The van der Waals surface area contributed by atoms with Gasteiger partial charge in [0.1, 0.15) is 12.6 Å². The standard InChI is InChI=1S/C15H27NO4/c1-4-6-7-8-9-10-12-19-14(17)13(3)16-15(18)20-11-5-2/h5,13H,2,4,6-12H2,1,3H3,(H,16,18). The highest BCUT2D eigenvalue weighted by atomic mass is 16.6. The first-order valence-corrected chi connectivity index (χ1v) is 7.32. The molecule has 0 aromatic carbocycles. The van der Waals surface area contributed by atoms with E-state index in [2.05, 4.69) is 18.8 Å². The maximum atomic E-state index is 11.6. The first-order valence-electron chi connectivity index (χ1n) is 7.32. The molecule has 116 valence electrons. The van der Waals surface area contributed by atoms with Gasteiger partial charge < -0.3 is 14.8 Å². The molecule has 0 heterocycles. The van der Waals surface area contributed by atoms with Crippen molar-refractivity contribution in [3.05, 3.63) is 12.7 Å². The summed E-state index contributed by atoms with van der Waals surface area (Å²) in [5.74, 6) is -0.436. The number of nitrogens with one attached hydrogen (secondary N) is 1. The lowest BCUT2D eigenvalue weighted by atomic mass is 10.1. The van der Waals surface area contributed by atoms with Crippen LogP contribution in [-0.2, 0) is 14.3 Å². The van der Waals surface area contributed by atoms with Crippen LogP contribution in [0.25, 0.3) is 0 Å². The summed E-state index contributed by atoms with van der Waals surface area (Å²) in [5.41, 5.74) is 0. The highest BCUT2D eigenvalue weighted by molar-refractivity contribution is 5.80. The molecule has 0 saturated carbocycles. The van der Waals surface area contributed by atoms with Crippen molar-refractivity contribution in [1.82, 2.24) is 5.32 Å². The summed E-state index contributed by atoms with van der Waals surface area (Å²) in [6.07, 6.45) is 7.63. The van der Waals surface area contributed by atoms with Gasteiger partial charge in [0.25, 0.3) is 0 Å². The topological polar surface area (TPSA) is 64.6 Å². The van der Waals surface area contributed by atoms with Gasteiger partial charge in [-0.25, -0.2) is 9.59 Å². The van der Waals surface area contributed by atoms with Crippen LogP contribution in [0.3, 0.4) is 0 Å². The zero-order valence-corrected chi connectivity index (χ0v) is 12.7. The van der Waals surface area contributed by atoms with Crippen LogP contribution < -0.4 is 5.32 Å². The van der Waals surface area contributed by atoms with E-state index in [0.717, 1.165) is 12.8 Å². The van der Waals surface area contributed by atoms with Crippen molar-refractivity contribution < 1.29 is 19.1 Å². The second-order valence-corrected chi connectivity index (χ2v) is 4.69. The lowest BCUT2D eigenvalue weighted by molar-refractivity contribution is -0.145. The molecule has 1 unspecified atom stereocenters. The van der Waals surface area contributed by atoms with Crippen molar-refractivity contribution in [2.24, 2.45) is 0 Å². The molecular weight excluding hydrogens is 258 g/mol. The van der Waals surface area contributed by atoms with E-state index in [4.69, 9.17) is 9.47 Å². The van der Waals surface area contributed by atoms with E-state index in [1.165, 1.54) is 31.8 Å². The number of carbonyl (C=O) groups is 2. The van der Waals surface area contributed by atoms with Crippen LogP contribution in [0.2, 0.25) is 0 Å². The molecule has 0 spiro atoms. The third-order valence-corrected chi connectivity index (χ3v) is 2.76. The number of alkyl carbamates (subject to hydrolysis) is 1.